The Labute approximate surface area is 196 Å². The number of halogens is 1. The van der Waals surface area contributed by atoms with Crippen LogP contribution in [-0.4, -0.2) is 62.1 Å². The number of carbonyl (C=O) groups is 1. The van der Waals surface area contributed by atoms with Gasteiger partial charge in [-0.2, -0.15) is 0 Å². The second kappa shape index (κ2) is 8.73. The minimum absolute atomic E-state index is 0.142. The average molecular weight is 464 g/mol. The van der Waals surface area contributed by atoms with Crippen molar-refractivity contribution in [1.82, 2.24) is 24.3 Å². The van der Waals surface area contributed by atoms with Crippen molar-refractivity contribution in [2.24, 2.45) is 11.8 Å². The van der Waals surface area contributed by atoms with E-state index in [1.165, 1.54) is 17.3 Å². The quantitative estimate of drug-likeness (QED) is 0.619. The van der Waals surface area contributed by atoms with E-state index in [0.717, 1.165) is 5.69 Å². The molecule has 5 rings (SSSR count). The van der Waals surface area contributed by atoms with Crippen LogP contribution < -0.4 is 5.56 Å². The molecule has 1 saturated heterocycles. The molecule has 2 aliphatic heterocycles. The molecule has 0 unspecified atom stereocenters. The smallest absolute Gasteiger partial charge is 0.258 e. The van der Waals surface area contributed by atoms with Gasteiger partial charge in [0.25, 0.3) is 5.56 Å². The van der Waals surface area contributed by atoms with Crippen molar-refractivity contribution in [3.05, 3.63) is 82.5 Å². The van der Waals surface area contributed by atoms with Gasteiger partial charge in [0.1, 0.15) is 12.1 Å². The molecule has 9 heteroatoms. The van der Waals surface area contributed by atoms with Gasteiger partial charge in [-0.15, -0.1) is 0 Å². The normalized spacial score (nSPS) is 23.5. The van der Waals surface area contributed by atoms with E-state index in [1.54, 1.807) is 55.3 Å². The van der Waals surface area contributed by atoms with E-state index in [4.69, 9.17) is 0 Å². The van der Waals surface area contributed by atoms with Crippen LogP contribution >= 0.6 is 0 Å². The Morgan fingerprint density at radius 1 is 1.18 bits per heavy atom. The number of amides is 1. The van der Waals surface area contributed by atoms with Gasteiger partial charge in [-0.3, -0.25) is 14.5 Å². The number of hydrogen-bond acceptors (Lipinski definition) is 6. The molecule has 8 nitrogen and oxygen atoms in total. The largest absolute Gasteiger partial charge is 0.396 e. The first-order valence-corrected chi connectivity index (χ1v) is 11.2. The molecule has 1 N–H and O–H groups in total. The summed E-state index contributed by atoms with van der Waals surface area (Å²) in [6, 6.07) is 9.21. The zero-order chi connectivity index (χ0) is 24.0. The van der Waals surface area contributed by atoms with Crippen molar-refractivity contribution in [3.63, 3.8) is 0 Å². The molecule has 2 aliphatic rings. The van der Waals surface area contributed by atoms with Gasteiger partial charge in [0.2, 0.25) is 5.91 Å². The Morgan fingerprint density at radius 2 is 1.91 bits per heavy atom. The summed E-state index contributed by atoms with van der Waals surface area (Å²) >= 11 is 0. The fourth-order valence-corrected chi connectivity index (χ4v) is 5.51. The molecule has 3 aromatic rings. The molecule has 0 spiro atoms. The number of pyridine rings is 1. The number of likely N-dealkylation sites (N-methyl/N-ethyl adjacent to an activating group) is 1. The predicted octanol–water partition coefficient (Wildman–Crippen LogP) is 1.70. The number of carbonyl (C=O) groups excluding carboxylic acids is 1. The maximum Gasteiger partial charge on any atom is 0.258 e. The molecule has 4 heterocycles. The first kappa shape index (κ1) is 22.4. The van der Waals surface area contributed by atoms with Crippen molar-refractivity contribution in [3.8, 4) is 11.1 Å². The molecule has 34 heavy (non-hydrogen) atoms. The van der Waals surface area contributed by atoms with Crippen LogP contribution in [-0.2, 0) is 17.9 Å². The minimum atomic E-state index is -0.624. The third kappa shape index (κ3) is 3.52. The average Bonchev–Trinajstić information content (AvgIpc) is 3.36. The molecular weight excluding hydrogens is 437 g/mol. The number of likely N-dealkylation sites (tertiary alicyclic amines) is 1. The fraction of sp³-hybridized carbons (Fsp3) is 0.360. The van der Waals surface area contributed by atoms with Crippen LogP contribution in [0.15, 0.2) is 59.9 Å². The van der Waals surface area contributed by atoms with Gasteiger partial charge in [0, 0.05) is 74.8 Å². The molecule has 4 atom stereocenters. The summed E-state index contributed by atoms with van der Waals surface area (Å²) < 4.78 is 16.3. The fourth-order valence-electron chi connectivity index (χ4n) is 5.51. The van der Waals surface area contributed by atoms with Gasteiger partial charge < -0.3 is 14.6 Å². The van der Waals surface area contributed by atoms with Gasteiger partial charge in [-0.25, -0.2) is 14.4 Å². The number of hydrogen-bond donors (Lipinski definition) is 1. The van der Waals surface area contributed by atoms with E-state index >= 15 is 0 Å². The van der Waals surface area contributed by atoms with Crippen LogP contribution in [0.1, 0.15) is 17.3 Å². The lowest BCUT2D eigenvalue weighted by atomic mass is 9.88. The molecule has 1 amide bonds. The van der Waals surface area contributed by atoms with E-state index in [9.17, 15) is 19.1 Å². The molecule has 2 aromatic heterocycles. The van der Waals surface area contributed by atoms with E-state index in [-0.39, 0.29) is 42.4 Å². The number of rotatable bonds is 5. The monoisotopic (exact) mass is 463 g/mol. The molecular formula is C25H26FN5O3. The molecule has 0 aliphatic carbocycles. The topological polar surface area (TPSA) is 91.6 Å². The summed E-state index contributed by atoms with van der Waals surface area (Å²) in [5.74, 6) is -1.05. The lowest BCUT2D eigenvalue weighted by Gasteiger charge is -2.32. The van der Waals surface area contributed by atoms with Crippen LogP contribution in [0.2, 0.25) is 0 Å². The maximum absolute atomic E-state index is 14.6. The standard InChI is InChI=1S/C25H26FN5O3/c1-29(2)25(34)23-19(13-32)18-12-30-21(8-7-17(24(30)33)16-9-27-14-28-10-16)22(18)31(23)11-15-5-3-4-6-20(15)26/h3-10,14,18-19,22-23,32H,11-13H2,1-2H3/t18-,19-,22+,23-/m1/s1. The highest BCUT2D eigenvalue weighted by Gasteiger charge is 2.55. The summed E-state index contributed by atoms with van der Waals surface area (Å²) in [5, 5.41) is 10.4. The summed E-state index contributed by atoms with van der Waals surface area (Å²) in [4.78, 5) is 38.2. The van der Waals surface area contributed by atoms with E-state index < -0.39 is 12.0 Å². The summed E-state index contributed by atoms with van der Waals surface area (Å²) in [7, 11) is 3.36. The van der Waals surface area contributed by atoms with Crippen molar-refractivity contribution >= 4 is 5.91 Å². The highest BCUT2D eigenvalue weighted by atomic mass is 19.1. The van der Waals surface area contributed by atoms with E-state index in [2.05, 4.69) is 9.97 Å². The van der Waals surface area contributed by atoms with Crippen molar-refractivity contribution < 1.29 is 14.3 Å². The molecule has 1 fully saturated rings. The molecule has 1 aromatic carbocycles. The number of nitrogens with zero attached hydrogens (tertiary/aromatic N) is 5. The molecule has 0 saturated carbocycles. The van der Waals surface area contributed by atoms with Gasteiger partial charge in [-0.05, 0) is 18.2 Å². The molecule has 176 valence electrons. The van der Waals surface area contributed by atoms with Gasteiger partial charge in [-0.1, -0.05) is 18.2 Å². The third-order valence-electron chi connectivity index (χ3n) is 7.07. The SMILES string of the molecule is CN(C)C(=O)[C@H]1[C@H](CO)[C@H]2Cn3c(ccc(-c4cncnc4)c3=O)[C@H]2N1Cc1ccccc1F. The number of benzene rings is 1. The highest BCUT2D eigenvalue weighted by molar-refractivity contribution is 5.82. The zero-order valence-electron chi connectivity index (χ0n) is 19.0. The van der Waals surface area contributed by atoms with Gasteiger partial charge in [0.05, 0.1) is 17.6 Å². The first-order valence-electron chi connectivity index (χ1n) is 11.2. The number of aliphatic hydroxyl groups is 1. The first-order chi connectivity index (χ1) is 16.4. The van der Waals surface area contributed by atoms with Gasteiger partial charge >= 0.3 is 0 Å². The Balaban J connectivity index is 1.62. The van der Waals surface area contributed by atoms with Crippen LogP contribution in [0.3, 0.4) is 0 Å². The van der Waals surface area contributed by atoms with Crippen LogP contribution in [0.25, 0.3) is 11.1 Å². The Morgan fingerprint density at radius 3 is 2.59 bits per heavy atom. The Hall–Kier alpha value is -3.43. The number of aromatic nitrogens is 3. The maximum atomic E-state index is 14.6. The second-order valence-corrected chi connectivity index (χ2v) is 9.11. The lowest BCUT2D eigenvalue weighted by molar-refractivity contribution is -0.136. The summed E-state index contributed by atoms with van der Waals surface area (Å²) in [6.45, 7) is 0.356. The minimum Gasteiger partial charge on any atom is -0.396 e. The van der Waals surface area contributed by atoms with Crippen molar-refractivity contribution in [2.45, 2.75) is 25.2 Å². The number of aliphatic hydroxyl groups excluding tert-OH is 1. The Bertz CT molecular complexity index is 1280. The third-order valence-corrected chi connectivity index (χ3v) is 7.07. The van der Waals surface area contributed by atoms with E-state index in [1.807, 2.05) is 11.0 Å². The number of fused-ring (bicyclic) bond motifs is 3. The van der Waals surface area contributed by atoms with E-state index in [0.29, 0.717) is 23.2 Å². The van der Waals surface area contributed by atoms with Crippen LogP contribution in [0, 0.1) is 17.7 Å². The molecule has 0 radical (unpaired) electrons. The van der Waals surface area contributed by atoms with Crippen molar-refractivity contribution in [2.75, 3.05) is 20.7 Å². The predicted molar refractivity (Wildman–Crippen MR) is 123 cm³/mol. The lowest BCUT2D eigenvalue weighted by Crippen LogP contribution is -2.47. The van der Waals surface area contributed by atoms with Crippen LogP contribution in [0.4, 0.5) is 4.39 Å². The van der Waals surface area contributed by atoms with Gasteiger partial charge in [0.15, 0.2) is 0 Å². The zero-order valence-corrected chi connectivity index (χ0v) is 19.0. The van der Waals surface area contributed by atoms with Crippen molar-refractivity contribution in [1.29, 1.82) is 0 Å². The second-order valence-electron chi connectivity index (χ2n) is 9.11. The van der Waals surface area contributed by atoms with Crippen LogP contribution in [0.5, 0.6) is 0 Å². The Kier molecular flexibility index (Phi) is 5.75. The highest BCUT2D eigenvalue weighted by Crippen LogP contribution is 2.50. The summed E-state index contributed by atoms with van der Waals surface area (Å²) in [6.07, 6.45) is 4.60. The summed E-state index contributed by atoms with van der Waals surface area (Å²) in [5.41, 5.74) is 2.18. The molecule has 0 bridgehead atoms.